The van der Waals surface area contributed by atoms with Crippen LogP contribution in [0.3, 0.4) is 0 Å². The van der Waals surface area contributed by atoms with Gasteiger partial charge in [0.05, 0.1) is 0 Å². The summed E-state index contributed by atoms with van der Waals surface area (Å²) in [7, 11) is 0. The van der Waals surface area contributed by atoms with Crippen molar-refractivity contribution in [3.8, 4) is 5.75 Å². The van der Waals surface area contributed by atoms with Crippen molar-refractivity contribution in [2.75, 3.05) is 6.61 Å². The van der Waals surface area contributed by atoms with Crippen LogP contribution in [-0.2, 0) is 4.74 Å². The lowest BCUT2D eigenvalue weighted by molar-refractivity contribution is 0.0546. The number of esters is 1. The number of aryl methyl sites for hydroxylation is 1. The van der Waals surface area contributed by atoms with Gasteiger partial charge in [0.1, 0.15) is 17.9 Å². The quantitative estimate of drug-likeness (QED) is 0.588. The summed E-state index contributed by atoms with van der Waals surface area (Å²) in [6, 6.07) is 4.80. The molecule has 0 aromatic heterocycles. The van der Waals surface area contributed by atoms with E-state index in [0.29, 0.717) is 0 Å². The van der Waals surface area contributed by atoms with Gasteiger partial charge in [-0.3, -0.25) is 0 Å². The van der Waals surface area contributed by atoms with E-state index in [-0.39, 0.29) is 17.9 Å². The fraction of sp³-hybridized carbons (Fsp3) is 0.182. The SMILES string of the molecule is C=CCOC(=O)c1ccc(C)cc1O. The Morgan fingerprint density at radius 2 is 2.36 bits per heavy atom. The van der Waals surface area contributed by atoms with Crippen LogP contribution in [-0.4, -0.2) is 17.7 Å². The highest BCUT2D eigenvalue weighted by atomic mass is 16.5. The molecule has 0 heterocycles. The number of aromatic hydroxyl groups is 1. The summed E-state index contributed by atoms with van der Waals surface area (Å²) in [5.74, 6) is -0.596. The van der Waals surface area contributed by atoms with Gasteiger partial charge in [0.25, 0.3) is 0 Å². The minimum atomic E-state index is -0.539. The number of carbonyl (C=O) groups excluding carboxylic acids is 1. The lowest BCUT2D eigenvalue weighted by Gasteiger charge is -2.04. The molecule has 0 saturated carbocycles. The molecule has 0 bridgehead atoms. The number of carbonyl (C=O) groups is 1. The predicted molar refractivity (Wildman–Crippen MR) is 53.3 cm³/mol. The highest BCUT2D eigenvalue weighted by Gasteiger charge is 2.11. The molecule has 0 radical (unpaired) electrons. The monoisotopic (exact) mass is 192 g/mol. The second kappa shape index (κ2) is 4.46. The van der Waals surface area contributed by atoms with E-state index in [1.165, 1.54) is 18.2 Å². The normalized spacial score (nSPS) is 9.50. The van der Waals surface area contributed by atoms with Crippen molar-refractivity contribution in [1.29, 1.82) is 0 Å². The van der Waals surface area contributed by atoms with E-state index in [0.717, 1.165) is 5.56 Å². The van der Waals surface area contributed by atoms with Crippen molar-refractivity contribution in [3.05, 3.63) is 42.0 Å². The first-order valence-corrected chi connectivity index (χ1v) is 4.23. The average Bonchev–Trinajstić information content (AvgIpc) is 2.14. The summed E-state index contributed by atoms with van der Waals surface area (Å²) in [6.45, 7) is 5.40. The van der Waals surface area contributed by atoms with Crippen molar-refractivity contribution in [3.63, 3.8) is 0 Å². The molecule has 0 aliphatic heterocycles. The molecule has 1 N–H and O–H groups in total. The number of rotatable bonds is 3. The maximum absolute atomic E-state index is 11.3. The molecule has 3 heteroatoms. The van der Waals surface area contributed by atoms with Crippen molar-refractivity contribution in [1.82, 2.24) is 0 Å². The van der Waals surface area contributed by atoms with Crippen LogP contribution in [0.15, 0.2) is 30.9 Å². The Balaban J connectivity index is 2.84. The first kappa shape index (κ1) is 10.3. The van der Waals surface area contributed by atoms with Crippen molar-refractivity contribution >= 4 is 5.97 Å². The zero-order chi connectivity index (χ0) is 10.6. The van der Waals surface area contributed by atoms with E-state index in [9.17, 15) is 9.90 Å². The Morgan fingerprint density at radius 3 is 2.93 bits per heavy atom. The highest BCUT2D eigenvalue weighted by molar-refractivity contribution is 5.92. The van der Waals surface area contributed by atoms with Gasteiger partial charge in [-0.05, 0) is 24.6 Å². The van der Waals surface area contributed by atoms with Gasteiger partial charge in [-0.2, -0.15) is 0 Å². The van der Waals surface area contributed by atoms with Crippen LogP contribution in [0.25, 0.3) is 0 Å². The number of hydrogen-bond donors (Lipinski definition) is 1. The standard InChI is InChI=1S/C11H12O3/c1-3-6-14-11(13)9-5-4-8(2)7-10(9)12/h3-5,7,12H,1,6H2,2H3. The summed E-state index contributed by atoms with van der Waals surface area (Å²) < 4.78 is 4.78. The van der Waals surface area contributed by atoms with Crippen molar-refractivity contribution in [2.45, 2.75) is 6.92 Å². The highest BCUT2D eigenvalue weighted by Crippen LogP contribution is 2.19. The van der Waals surface area contributed by atoms with E-state index in [1.807, 2.05) is 6.92 Å². The van der Waals surface area contributed by atoms with Crippen molar-refractivity contribution < 1.29 is 14.6 Å². The van der Waals surface area contributed by atoms with Gasteiger partial charge in [-0.25, -0.2) is 4.79 Å². The Kier molecular flexibility index (Phi) is 3.29. The number of ether oxygens (including phenoxy) is 1. The Hall–Kier alpha value is -1.77. The van der Waals surface area contributed by atoms with Gasteiger partial charge in [-0.1, -0.05) is 18.7 Å². The maximum Gasteiger partial charge on any atom is 0.342 e. The Bertz CT molecular complexity index is 356. The zero-order valence-electron chi connectivity index (χ0n) is 7.99. The van der Waals surface area contributed by atoms with Crippen LogP contribution in [0.1, 0.15) is 15.9 Å². The molecule has 14 heavy (non-hydrogen) atoms. The molecule has 0 fully saturated rings. The van der Waals surface area contributed by atoms with Crippen LogP contribution in [0.4, 0.5) is 0 Å². The van der Waals surface area contributed by atoms with Crippen LogP contribution >= 0.6 is 0 Å². The second-order valence-electron chi connectivity index (χ2n) is 2.91. The summed E-state index contributed by atoms with van der Waals surface area (Å²) in [5, 5.41) is 9.43. The molecule has 1 aromatic carbocycles. The van der Waals surface area contributed by atoms with Gasteiger partial charge in [0, 0.05) is 0 Å². The molecule has 0 aliphatic carbocycles. The lowest BCUT2D eigenvalue weighted by Crippen LogP contribution is -2.05. The van der Waals surface area contributed by atoms with Crippen LogP contribution in [0.5, 0.6) is 5.75 Å². The zero-order valence-corrected chi connectivity index (χ0v) is 7.99. The summed E-state index contributed by atoms with van der Waals surface area (Å²) in [6.07, 6.45) is 1.48. The van der Waals surface area contributed by atoms with E-state index in [1.54, 1.807) is 6.07 Å². The second-order valence-corrected chi connectivity index (χ2v) is 2.91. The topological polar surface area (TPSA) is 46.5 Å². The summed E-state index contributed by atoms with van der Waals surface area (Å²) >= 11 is 0. The molecule has 0 saturated heterocycles. The van der Waals surface area contributed by atoms with Gasteiger partial charge in [-0.15, -0.1) is 0 Å². The number of benzene rings is 1. The Morgan fingerprint density at radius 1 is 1.64 bits per heavy atom. The molecule has 0 spiro atoms. The van der Waals surface area contributed by atoms with Gasteiger partial charge in [0.15, 0.2) is 0 Å². The smallest absolute Gasteiger partial charge is 0.342 e. The summed E-state index contributed by atoms with van der Waals surface area (Å²) in [5.41, 5.74) is 1.07. The van der Waals surface area contributed by atoms with Crippen LogP contribution in [0, 0.1) is 6.92 Å². The first-order chi connectivity index (χ1) is 6.65. The first-order valence-electron chi connectivity index (χ1n) is 4.23. The molecule has 0 unspecified atom stereocenters. The van der Waals surface area contributed by atoms with Gasteiger partial charge in [0.2, 0.25) is 0 Å². The largest absolute Gasteiger partial charge is 0.507 e. The lowest BCUT2D eigenvalue weighted by atomic mass is 10.1. The maximum atomic E-state index is 11.3. The fourth-order valence-electron chi connectivity index (χ4n) is 1.03. The Labute approximate surface area is 82.6 Å². The third-order valence-corrected chi connectivity index (χ3v) is 1.71. The molecule has 3 nitrogen and oxygen atoms in total. The van der Waals surface area contributed by atoms with E-state index in [4.69, 9.17) is 4.74 Å². The van der Waals surface area contributed by atoms with E-state index >= 15 is 0 Å². The minimum absolute atomic E-state index is 0.0564. The molecule has 0 amide bonds. The molecule has 74 valence electrons. The molecule has 0 aliphatic rings. The van der Waals surface area contributed by atoms with Crippen LogP contribution < -0.4 is 0 Å². The fourth-order valence-corrected chi connectivity index (χ4v) is 1.03. The number of phenols is 1. The van der Waals surface area contributed by atoms with Crippen LogP contribution in [0.2, 0.25) is 0 Å². The average molecular weight is 192 g/mol. The number of phenolic OH excluding ortho intramolecular Hbond substituents is 1. The number of hydrogen-bond acceptors (Lipinski definition) is 3. The molecule has 1 rings (SSSR count). The third kappa shape index (κ3) is 2.36. The predicted octanol–water partition coefficient (Wildman–Crippen LogP) is 2.04. The third-order valence-electron chi connectivity index (χ3n) is 1.71. The molecular weight excluding hydrogens is 180 g/mol. The van der Waals surface area contributed by atoms with Gasteiger partial charge >= 0.3 is 5.97 Å². The van der Waals surface area contributed by atoms with Gasteiger partial charge < -0.3 is 9.84 Å². The molecular formula is C11H12O3. The summed E-state index contributed by atoms with van der Waals surface area (Å²) in [4.78, 5) is 11.3. The molecule has 0 atom stereocenters. The minimum Gasteiger partial charge on any atom is -0.507 e. The van der Waals surface area contributed by atoms with E-state index in [2.05, 4.69) is 6.58 Å². The van der Waals surface area contributed by atoms with Crippen molar-refractivity contribution in [2.24, 2.45) is 0 Å². The van der Waals surface area contributed by atoms with E-state index < -0.39 is 5.97 Å². The molecule has 1 aromatic rings.